The molecule has 0 spiro atoms. The zero-order chi connectivity index (χ0) is 39.9. The van der Waals surface area contributed by atoms with Crippen LogP contribution < -0.4 is 10.1 Å². The third-order valence-corrected chi connectivity index (χ3v) is 17.5. The SMILES string of the molecule is CN[C@@](C)(CO[C@H]1[C@H](n2ncnc2-c2ccnc(OC)c2)C[C@]2(C)COC[C@@]13C1=CC[C@@]4(C)[C@H](C(=O)O)[C@@](C)([C@H](C)C(C)C)CC[C@]4(C)[C@H]1CC[C@H]23)C(C)C. The normalized spacial score (nSPS) is 40.0. The average Bonchev–Trinajstić information content (AvgIpc) is 3.64. The molecule has 304 valence electrons. The summed E-state index contributed by atoms with van der Waals surface area (Å²) in [6, 6.07) is 3.79. The Labute approximate surface area is 330 Å². The highest BCUT2D eigenvalue weighted by Gasteiger charge is 2.73. The van der Waals surface area contributed by atoms with Gasteiger partial charge in [-0.05, 0) is 110 Å². The monoisotopic (exact) mass is 760 g/mol. The zero-order valence-corrected chi connectivity index (χ0v) is 35.7. The fourth-order valence-electron chi connectivity index (χ4n) is 13.2. The van der Waals surface area contributed by atoms with Gasteiger partial charge in [0.15, 0.2) is 5.82 Å². The van der Waals surface area contributed by atoms with E-state index in [-0.39, 0.29) is 39.8 Å². The van der Waals surface area contributed by atoms with Gasteiger partial charge >= 0.3 is 5.97 Å². The van der Waals surface area contributed by atoms with Gasteiger partial charge in [0, 0.05) is 28.8 Å². The maximum atomic E-state index is 13.7. The number of allylic oxidation sites excluding steroid dienone is 1. The smallest absolute Gasteiger partial charge is 0.307 e. The number of likely N-dealkylation sites (N-methyl/N-ethyl adjacent to an activating group) is 1. The number of methoxy groups -OCH3 is 1. The van der Waals surface area contributed by atoms with Crippen molar-refractivity contribution in [1.29, 1.82) is 0 Å². The molecule has 2 aromatic heterocycles. The van der Waals surface area contributed by atoms with Crippen LogP contribution in [0.4, 0.5) is 0 Å². The van der Waals surface area contributed by atoms with Crippen LogP contribution in [0.15, 0.2) is 36.3 Å². The predicted molar refractivity (Wildman–Crippen MR) is 214 cm³/mol. The van der Waals surface area contributed by atoms with Gasteiger partial charge < -0.3 is 24.6 Å². The van der Waals surface area contributed by atoms with Crippen molar-refractivity contribution in [2.24, 2.45) is 62.6 Å². The Morgan fingerprint density at radius 3 is 2.49 bits per heavy atom. The Morgan fingerprint density at radius 2 is 1.84 bits per heavy atom. The van der Waals surface area contributed by atoms with Crippen LogP contribution in [0.25, 0.3) is 11.4 Å². The molecule has 3 heterocycles. The summed E-state index contributed by atoms with van der Waals surface area (Å²) in [6.07, 6.45) is 11.3. The fourth-order valence-corrected chi connectivity index (χ4v) is 13.2. The van der Waals surface area contributed by atoms with Gasteiger partial charge in [-0.25, -0.2) is 14.6 Å². The number of carboxylic acids is 1. The van der Waals surface area contributed by atoms with Gasteiger partial charge in [0.2, 0.25) is 5.88 Å². The van der Waals surface area contributed by atoms with Gasteiger partial charge in [-0.3, -0.25) is 4.79 Å². The lowest BCUT2D eigenvalue weighted by Gasteiger charge is -2.71. The molecule has 0 aromatic carbocycles. The van der Waals surface area contributed by atoms with Crippen LogP contribution in [-0.4, -0.2) is 76.4 Å². The highest BCUT2D eigenvalue weighted by atomic mass is 16.5. The number of fused-ring (bicyclic) bond motifs is 3. The molecule has 4 aliphatic carbocycles. The number of nitrogens with one attached hydrogen (secondary N) is 1. The van der Waals surface area contributed by atoms with Crippen LogP contribution in [0.2, 0.25) is 0 Å². The molecular formula is C45H69N5O5. The van der Waals surface area contributed by atoms with E-state index in [4.69, 9.17) is 24.3 Å². The first-order valence-electron chi connectivity index (χ1n) is 21.1. The largest absolute Gasteiger partial charge is 0.481 e. The second kappa shape index (κ2) is 13.9. The topological polar surface area (TPSA) is 121 Å². The molecule has 7 rings (SSSR count). The molecule has 55 heavy (non-hydrogen) atoms. The summed E-state index contributed by atoms with van der Waals surface area (Å²) in [5.74, 6) is 1.83. The third kappa shape index (κ3) is 5.79. The highest BCUT2D eigenvalue weighted by molar-refractivity contribution is 5.73. The summed E-state index contributed by atoms with van der Waals surface area (Å²) in [6.45, 7) is 24.9. The van der Waals surface area contributed by atoms with E-state index in [9.17, 15) is 9.90 Å². The second-order valence-corrected chi connectivity index (χ2v) is 20.3. The molecule has 2 bridgehead atoms. The van der Waals surface area contributed by atoms with Crippen LogP contribution in [0.3, 0.4) is 0 Å². The Kier molecular flexibility index (Phi) is 10.2. The number of aromatic nitrogens is 4. The van der Waals surface area contributed by atoms with Crippen molar-refractivity contribution in [2.45, 2.75) is 125 Å². The standard InChI is InChI=1S/C45H69N5O5/c1-27(2)29(5)41(7)18-19-42(8)31-13-14-34-40(6)22-33(50-38(48-26-49-50)30-16-20-47-35(21-30)53-12)37(55-24-44(10,46-11)28(3)4)45(34,25-54-23-40)32(31)15-17-43(42,9)36(41)39(51)52/h15-16,20-21,26-29,31,33-34,36-37,46H,13-14,17-19,22-25H2,1-12H3,(H,51,52)/t29-,31+,33-,34-,36-,37+,40-,41-,42-,43+,44+,45+/m1/s1. The van der Waals surface area contributed by atoms with E-state index < -0.39 is 22.7 Å². The quantitative estimate of drug-likeness (QED) is 0.217. The van der Waals surface area contributed by atoms with E-state index in [1.807, 2.05) is 19.2 Å². The summed E-state index contributed by atoms with van der Waals surface area (Å²) < 4.78 is 22.1. The summed E-state index contributed by atoms with van der Waals surface area (Å²) >= 11 is 0. The lowest BCUT2D eigenvalue weighted by Crippen LogP contribution is -2.70. The van der Waals surface area contributed by atoms with Gasteiger partial charge in [0.25, 0.3) is 0 Å². The summed E-state index contributed by atoms with van der Waals surface area (Å²) in [7, 11) is 3.67. The van der Waals surface area contributed by atoms with Gasteiger partial charge in [0.05, 0.1) is 45.0 Å². The molecule has 0 amide bonds. The van der Waals surface area contributed by atoms with Gasteiger partial charge in [0.1, 0.15) is 6.33 Å². The lowest BCUT2D eigenvalue weighted by molar-refractivity contribution is -0.254. The number of hydrogen-bond acceptors (Lipinski definition) is 8. The van der Waals surface area contributed by atoms with Crippen molar-refractivity contribution in [2.75, 3.05) is 34.0 Å². The van der Waals surface area contributed by atoms with E-state index in [0.29, 0.717) is 49.4 Å². The van der Waals surface area contributed by atoms with Crippen LogP contribution in [-0.2, 0) is 14.3 Å². The Bertz CT molecular complexity index is 1790. The molecule has 1 aliphatic heterocycles. The molecule has 1 saturated heterocycles. The number of aliphatic carboxylic acids is 1. The highest BCUT2D eigenvalue weighted by Crippen LogP contribution is 2.75. The minimum absolute atomic E-state index is 0.121. The van der Waals surface area contributed by atoms with Gasteiger partial charge in [-0.1, -0.05) is 74.0 Å². The van der Waals surface area contributed by atoms with E-state index >= 15 is 0 Å². The van der Waals surface area contributed by atoms with Crippen molar-refractivity contribution in [3.05, 3.63) is 36.3 Å². The number of ether oxygens (including phenoxy) is 3. The zero-order valence-electron chi connectivity index (χ0n) is 35.7. The molecular weight excluding hydrogens is 691 g/mol. The van der Waals surface area contributed by atoms with E-state index in [0.717, 1.165) is 49.9 Å². The van der Waals surface area contributed by atoms with Crippen molar-refractivity contribution in [3.63, 3.8) is 0 Å². The van der Waals surface area contributed by atoms with E-state index in [2.05, 4.69) is 90.3 Å². The van der Waals surface area contributed by atoms with Gasteiger partial charge in [-0.2, -0.15) is 5.10 Å². The third-order valence-electron chi connectivity index (χ3n) is 17.5. The van der Waals surface area contributed by atoms with Crippen LogP contribution in [0.5, 0.6) is 5.88 Å². The van der Waals surface area contributed by atoms with Crippen molar-refractivity contribution >= 4 is 5.97 Å². The fraction of sp³-hybridized carbons (Fsp3) is 0.778. The molecule has 12 atom stereocenters. The molecule has 2 N–H and O–H groups in total. The summed E-state index contributed by atoms with van der Waals surface area (Å²) in [5, 5.41) is 19.9. The molecule has 10 heteroatoms. The lowest BCUT2D eigenvalue weighted by atomic mass is 9.34. The molecule has 4 fully saturated rings. The minimum Gasteiger partial charge on any atom is -0.481 e. The predicted octanol–water partition coefficient (Wildman–Crippen LogP) is 8.50. The molecule has 5 aliphatic rings. The molecule has 0 unspecified atom stereocenters. The van der Waals surface area contributed by atoms with Crippen LogP contribution in [0, 0.1) is 62.6 Å². The molecule has 0 radical (unpaired) electrons. The second-order valence-electron chi connectivity index (χ2n) is 20.3. The number of carboxylic acid groups (broad SMARTS) is 1. The first-order chi connectivity index (χ1) is 25.9. The molecule has 10 nitrogen and oxygen atoms in total. The number of rotatable bonds is 11. The summed E-state index contributed by atoms with van der Waals surface area (Å²) in [5.41, 5.74) is 0.654. The van der Waals surface area contributed by atoms with Crippen molar-refractivity contribution < 1.29 is 24.1 Å². The molecule has 2 aromatic rings. The Hall–Kier alpha value is -2.82. The number of hydrogen-bond donors (Lipinski definition) is 2. The maximum Gasteiger partial charge on any atom is 0.307 e. The van der Waals surface area contributed by atoms with E-state index in [1.165, 1.54) is 5.57 Å². The van der Waals surface area contributed by atoms with E-state index in [1.54, 1.807) is 19.6 Å². The number of pyridine rings is 1. The minimum atomic E-state index is -0.633. The number of nitrogens with zero attached hydrogens (tertiary/aromatic N) is 4. The summed E-state index contributed by atoms with van der Waals surface area (Å²) in [4.78, 5) is 22.9. The average molecular weight is 760 g/mol. The van der Waals surface area contributed by atoms with Crippen molar-refractivity contribution in [3.8, 4) is 17.3 Å². The first kappa shape index (κ1) is 40.4. The Balaban J connectivity index is 1.41. The van der Waals surface area contributed by atoms with Crippen LogP contribution in [0.1, 0.15) is 114 Å². The maximum absolute atomic E-state index is 13.7. The first-order valence-corrected chi connectivity index (χ1v) is 21.1. The van der Waals surface area contributed by atoms with Gasteiger partial charge in [-0.15, -0.1) is 0 Å². The van der Waals surface area contributed by atoms with Crippen LogP contribution >= 0.6 is 0 Å². The number of carbonyl (C=O) groups is 1. The Morgan fingerprint density at radius 1 is 1.09 bits per heavy atom. The molecule has 3 saturated carbocycles. The van der Waals surface area contributed by atoms with Crippen molar-refractivity contribution in [1.82, 2.24) is 25.1 Å².